The quantitative estimate of drug-likeness (QED) is 0.660. The molecule has 0 bridgehead atoms. The van der Waals surface area contributed by atoms with Crippen LogP contribution in [0.4, 0.5) is 30.6 Å². The number of halogens is 3. The fourth-order valence-corrected chi connectivity index (χ4v) is 4.79. The van der Waals surface area contributed by atoms with Crippen molar-refractivity contribution in [3.05, 3.63) is 46.2 Å². The molecule has 1 saturated carbocycles. The Morgan fingerprint density at radius 1 is 1.25 bits per heavy atom. The number of nitrogens with one attached hydrogen (secondary N) is 1. The van der Waals surface area contributed by atoms with Gasteiger partial charge in [0.15, 0.2) is 0 Å². The Bertz CT molecular complexity index is 1040. The molecule has 1 aliphatic carbocycles. The van der Waals surface area contributed by atoms with Crippen molar-refractivity contribution in [3.8, 4) is 0 Å². The Labute approximate surface area is 183 Å². The van der Waals surface area contributed by atoms with Gasteiger partial charge in [-0.1, -0.05) is 12.1 Å². The van der Waals surface area contributed by atoms with E-state index >= 15 is 0 Å². The number of ether oxygens (including phenoxy) is 1. The number of nitrogen functional groups attached to an aromatic ring is 1. The lowest BCUT2D eigenvalue weighted by atomic mass is 10.1. The molecule has 2 aliphatic heterocycles. The summed E-state index contributed by atoms with van der Waals surface area (Å²) in [6.45, 7) is 1.31. The van der Waals surface area contributed by atoms with Gasteiger partial charge in [0.2, 0.25) is 5.95 Å². The molecule has 3 N–H and O–H groups in total. The highest BCUT2D eigenvalue weighted by Gasteiger charge is 2.49. The number of rotatable bonds is 6. The molecule has 1 saturated heterocycles. The van der Waals surface area contributed by atoms with Gasteiger partial charge in [0.25, 0.3) is 5.56 Å². The van der Waals surface area contributed by atoms with Crippen LogP contribution in [0.25, 0.3) is 0 Å². The second kappa shape index (κ2) is 7.99. The summed E-state index contributed by atoms with van der Waals surface area (Å²) in [7, 11) is 0. The van der Waals surface area contributed by atoms with Crippen LogP contribution in [0.1, 0.15) is 18.4 Å². The zero-order chi connectivity index (χ0) is 22.5. The molecule has 1 aromatic heterocycles. The third kappa shape index (κ3) is 4.15. The van der Waals surface area contributed by atoms with Crippen molar-refractivity contribution >= 4 is 17.5 Å². The van der Waals surface area contributed by atoms with Gasteiger partial charge in [-0.3, -0.25) is 9.36 Å². The van der Waals surface area contributed by atoms with Crippen molar-refractivity contribution in [3.63, 3.8) is 0 Å². The Kier molecular flexibility index (Phi) is 5.27. The summed E-state index contributed by atoms with van der Waals surface area (Å²) in [6, 6.07) is 6.71. The van der Waals surface area contributed by atoms with Crippen LogP contribution in [0, 0.1) is 11.8 Å². The average Bonchev–Trinajstić information content (AvgIpc) is 3.42. The number of nitrogens with zero attached hydrogens (tertiary/aromatic N) is 3. The number of anilines is 3. The first-order valence-electron chi connectivity index (χ1n) is 10.9. The van der Waals surface area contributed by atoms with Gasteiger partial charge >= 0.3 is 6.18 Å². The van der Waals surface area contributed by atoms with Crippen LogP contribution in [0.3, 0.4) is 0 Å². The molecule has 2 aromatic rings. The molecule has 10 heteroatoms. The normalized spacial score (nSPS) is 26.5. The predicted octanol–water partition coefficient (Wildman–Crippen LogP) is 2.66. The van der Waals surface area contributed by atoms with Crippen LogP contribution in [-0.4, -0.2) is 47.6 Å². The van der Waals surface area contributed by atoms with Gasteiger partial charge in [-0.15, -0.1) is 0 Å². The number of hydrogen-bond acceptors (Lipinski definition) is 6. The van der Waals surface area contributed by atoms with Crippen molar-refractivity contribution in [2.75, 3.05) is 35.6 Å². The van der Waals surface area contributed by atoms with Crippen LogP contribution >= 0.6 is 0 Å². The molecule has 2 fully saturated rings. The predicted molar refractivity (Wildman–Crippen MR) is 115 cm³/mol. The topological polar surface area (TPSA) is 85.4 Å². The summed E-state index contributed by atoms with van der Waals surface area (Å²) < 4.78 is 48.6. The largest absolute Gasteiger partial charge is 0.408 e. The zero-order valence-corrected chi connectivity index (χ0v) is 17.5. The Morgan fingerprint density at radius 2 is 2.03 bits per heavy atom. The van der Waals surface area contributed by atoms with Gasteiger partial charge in [0.05, 0.1) is 12.7 Å². The molecular formula is C22H26F3N5O2. The lowest BCUT2D eigenvalue weighted by molar-refractivity contribution is -0.152. The first-order valence-corrected chi connectivity index (χ1v) is 10.9. The Morgan fingerprint density at radius 3 is 2.69 bits per heavy atom. The molecule has 172 valence electrons. The maximum absolute atomic E-state index is 13.9. The lowest BCUT2D eigenvalue weighted by Gasteiger charge is -2.39. The molecule has 7 nitrogen and oxygen atoms in total. The maximum Gasteiger partial charge on any atom is 0.408 e. The lowest BCUT2D eigenvalue weighted by Crippen LogP contribution is -2.53. The van der Waals surface area contributed by atoms with Crippen LogP contribution in [0.15, 0.2) is 35.1 Å². The number of aromatic nitrogens is 2. The van der Waals surface area contributed by atoms with E-state index in [9.17, 15) is 18.0 Å². The van der Waals surface area contributed by atoms with E-state index in [0.29, 0.717) is 30.5 Å². The average molecular weight is 449 g/mol. The molecule has 0 radical (unpaired) electrons. The molecule has 32 heavy (non-hydrogen) atoms. The van der Waals surface area contributed by atoms with E-state index < -0.39 is 12.2 Å². The van der Waals surface area contributed by atoms with E-state index in [1.54, 1.807) is 24.3 Å². The highest BCUT2D eigenvalue weighted by Crippen LogP contribution is 2.47. The standard InChI is InChI=1S/C22H26F3N5O2/c23-22(24,25)18-6-8-30-20(31)10-19(27-11-17-16-9-14(16)12-32-17)28-21(30)29(18)7-5-13-1-3-15(26)4-2-13/h1-4,10,14,16-18,27H,5-9,11-12,26H2/t14?,16?,17-,18+/m1/s1. The Balaban J connectivity index is 1.39. The second-order valence-electron chi connectivity index (χ2n) is 8.87. The van der Waals surface area contributed by atoms with Gasteiger partial charge in [0.1, 0.15) is 11.9 Å². The summed E-state index contributed by atoms with van der Waals surface area (Å²) in [5.74, 6) is 1.50. The number of hydrogen-bond donors (Lipinski definition) is 2. The van der Waals surface area contributed by atoms with Crippen molar-refractivity contribution in [1.29, 1.82) is 0 Å². The molecule has 2 unspecified atom stereocenters. The van der Waals surface area contributed by atoms with E-state index in [-0.39, 0.29) is 42.9 Å². The van der Waals surface area contributed by atoms with E-state index in [1.165, 1.54) is 15.5 Å². The third-order valence-electron chi connectivity index (χ3n) is 6.71. The minimum atomic E-state index is -4.42. The molecule has 5 rings (SSSR count). The van der Waals surface area contributed by atoms with E-state index in [4.69, 9.17) is 10.5 Å². The highest BCUT2D eigenvalue weighted by molar-refractivity contribution is 5.45. The first kappa shape index (κ1) is 21.1. The fourth-order valence-electron chi connectivity index (χ4n) is 4.79. The molecule has 1 aromatic carbocycles. The fraction of sp³-hybridized carbons (Fsp3) is 0.545. The van der Waals surface area contributed by atoms with Crippen molar-refractivity contribution in [1.82, 2.24) is 9.55 Å². The number of alkyl halides is 3. The van der Waals surface area contributed by atoms with E-state index in [1.807, 2.05) is 0 Å². The van der Waals surface area contributed by atoms with Gasteiger partial charge in [-0.05, 0) is 48.8 Å². The summed E-state index contributed by atoms with van der Waals surface area (Å²) in [5.41, 5.74) is 6.81. The third-order valence-corrected chi connectivity index (χ3v) is 6.71. The maximum atomic E-state index is 13.9. The van der Waals surface area contributed by atoms with Gasteiger partial charge in [-0.25, -0.2) is 0 Å². The van der Waals surface area contributed by atoms with Crippen LogP contribution in [0.5, 0.6) is 0 Å². The van der Waals surface area contributed by atoms with Crippen molar-refractivity contribution in [2.45, 2.75) is 44.1 Å². The summed E-state index contributed by atoms with van der Waals surface area (Å²) in [6.07, 6.45) is -3.03. The molecule has 4 atom stereocenters. The summed E-state index contributed by atoms with van der Waals surface area (Å²) in [5, 5.41) is 3.12. The molecule has 0 spiro atoms. The van der Waals surface area contributed by atoms with Crippen LogP contribution < -0.4 is 21.5 Å². The van der Waals surface area contributed by atoms with Gasteiger partial charge in [0, 0.05) is 31.4 Å². The Hall–Kier alpha value is -2.75. The highest BCUT2D eigenvalue weighted by atomic mass is 19.4. The summed E-state index contributed by atoms with van der Waals surface area (Å²) in [4.78, 5) is 18.4. The molecule has 3 heterocycles. The number of nitrogens with two attached hydrogens (primary N) is 1. The summed E-state index contributed by atoms with van der Waals surface area (Å²) >= 11 is 0. The minimum absolute atomic E-state index is 0.0144. The monoisotopic (exact) mass is 449 g/mol. The van der Waals surface area contributed by atoms with E-state index in [0.717, 1.165) is 18.6 Å². The molecule has 0 amide bonds. The van der Waals surface area contributed by atoms with Crippen LogP contribution in [-0.2, 0) is 17.7 Å². The van der Waals surface area contributed by atoms with Crippen LogP contribution in [0.2, 0.25) is 0 Å². The van der Waals surface area contributed by atoms with Gasteiger partial charge in [-0.2, -0.15) is 18.2 Å². The smallest absolute Gasteiger partial charge is 0.399 e. The molecular weight excluding hydrogens is 423 g/mol. The van der Waals surface area contributed by atoms with Crippen molar-refractivity contribution < 1.29 is 17.9 Å². The van der Waals surface area contributed by atoms with E-state index in [2.05, 4.69) is 10.3 Å². The second-order valence-corrected chi connectivity index (χ2v) is 8.87. The zero-order valence-electron chi connectivity index (χ0n) is 17.5. The SMILES string of the molecule is Nc1ccc(CCN2c3nc(NC[C@H]4OCC5CC54)cc(=O)n3CC[C@H]2C(F)(F)F)cc1. The number of benzene rings is 1. The first-order chi connectivity index (χ1) is 15.3. The van der Waals surface area contributed by atoms with Crippen molar-refractivity contribution in [2.24, 2.45) is 11.8 Å². The molecule has 3 aliphatic rings. The van der Waals surface area contributed by atoms with Gasteiger partial charge < -0.3 is 20.7 Å². The minimum Gasteiger partial charge on any atom is -0.399 e. The number of fused-ring (bicyclic) bond motifs is 2.